The Hall–Kier alpha value is -2.02. The summed E-state index contributed by atoms with van der Waals surface area (Å²) in [6.07, 6.45) is 1.22. The minimum absolute atomic E-state index is 0.0299. The highest BCUT2D eigenvalue weighted by atomic mass is 79.9. The van der Waals surface area contributed by atoms with E-state index in [-0.39, 0.29) is 11.4 Å². The summed E-state index contributed by atoms with van der Waals surface area (Å²) in [6.45, 7) is 0. The number of halogens is 1. The third-order valence-electron chi connectivity index (χ3n) is 2.42. The van der Waals surface area contributed by atoms with Crippen LogP contribution in [0.15, 0.2) is 28.9 Å². The van der Waals surface area contributed by atoms with Gasteiger partial charge in [0.25, 0.3) is 0 Å². The van der Waals surface area contributed by atoms with Crippen LogP contribution in [0.25, 0.3) is 5.69 Å². The van der Waals surface area contributed by atoms with Gasteiger partial charge in [0.1, 0.15) is 17.1 Å². The van der Waals surface area contributed by atoms with Crippen LogP contribution in [-0.4, -0.2) is 28.0 Å². The van der Waals surface area contributed by atoms with Crippen molar-refractivity contribution >= 4 is 27.7 Å². The first-order valence-corrected chi connectivity index (χ1v) is 5.74. The van der Waals surface area contributed by atoms with Crippen LogP contribution in [0.3, 0.4) is 0 Å². The zero-order chi connectivity index (χ0) is 13.3. The van der Waals surface area contributed by atoms with Crippen molar-refractivity contribution in [3.05, 3.63) is 34.4 Å². The Morgan fingerprint density at radius 1 is 1.56 bits per heavy atom. The number of anilines is 1. The molecule has 2 rings (SSSR count). The Morgan fingerprint density at radius 3 is 2.78 bits per heavy atom. The molecule has 94 valence electrons. The lowest BCUT2D eigenvalue weighted by Crippen LogP contribution is -2.06. The van der Waals surface area contributed by atoms with E-state index in [4.69, 9.17) is 15.6 Å². The molecular weight excluding hydrogens is 302 g/mol. The van der Waals surface area contributed by atoms with Gasteiger partial charge >= 0.3 is 5.97 Å². The number of carboxylic acid groups (broad SMARTS) is 1. The number of ether oxygens (including phenoxy) is 1. The van der Waals surface area contributed by atoms with Gasteiger partial charge in [-0.1, -0.05) is 0 Å². The minimum Gasteiger partial charge on any atom is -0.497 e. The Morgan fingerprint density at radius 2 is 2.28 bits per heavy atom. The maximum atomic E-state index is 10.9. The molecule has 1 aromatic heterocycles. The van der Waals surface area contributed by atoms with E-state index in [0.29, 0.717) is 15.9 Å². The summed E-state index contributed by atoms with van der Waals surface area (Å²) in [5.41, 5.74) is 6.35. The van der Waals surface area contributed by atoms with Crippen LogP contribution >= 0.6 is 15.9 Å². The van der Waals surface area contributed by atoms with E-state index in [1.54, 1.807) is 25.3 Å². The maximum absolute atomic E-state index is 10.9. The van der Waals surface area contributed by atoms with Crippen molar-refractivity contribution in [1.82, 2.24) is 9.78 Å². The molecule has 3 N–H and O–H groups in total. The normalized spacial score (nSPS) is 10.3. The molecule has 0 atom stereocenters. The smallest absolute Gasteiger partial charge is 0.341 e. The number of nitrogens with zero attached hydrogens (tertiary/aromatic N) is 2. The zero-order valence-electron chi connectivity index (χ0n) is 9.42. The fraction of sp³-hybridized carbons (Fsp3) is 0.0909. The van der Waals surface area contributed by atoms with Gasteiger partial charge in [0.05, 0.1) is 19.0 Å². The summed E-state index contributed by atoms with van der Waals surface area (Å²) in [5.74, 6) is -0.355. The average Bonchev–Trinajstić information content (AvgIpc) is 2.71. The summed E-state index contributed by atoms with van der Waals surface area (Å²) >= 11 is 3.36. The molecule has 0 aliphatic rings. The lowest BCUT2D eigenvalue weighted by atomic mass is 10.3. The van der Waals surface area contributed by atoms with Crippen LogP contribution in [0.5, 0.6) is 5.75 Å². The van der Waals surface area contributed by atoms with Gasteiger partial charge in [0.15, 0.2) is 0 Å². The third-order valence-corrected chi connectivity index (χ3v) is 3.06. The number of rotatable bonds is 3. The first-order chi connectivity index (χ1) is 8.54. The van der Waals surface area contributed by atoms with Crippen molar-refractivity contribution in [2.45, 2.75) is 0 Å². The number of aromatic carboxylic acids is 1. The first kappa shape index (κ1) is 12.4. The molecule has 1 heterocycles. The Kier molecular flexibility index (Phi) is 3.24. The highest BCUT2D eigenvalue weighted by Gasteiger charge is 2.16. The van der Waals surface area contributed by atoms with Crippen LogP contribution in [-0.2, 0) is 0 Å². The highest BCUT2D eigenvalue weighted by molar-refractivity contribution is 9.10. The number of aromatic nitrogens is 2. The van der Waals surface area contributed by atoms with E-state index in [2.05, 4.69) is 21.0 Å². The van der Waals surface area contributed by atoms with Crippen molar-refractivity contribution in [3.8, 4) is 11.4 Å². The molecule has 18 heavy (non-hydrogen) atoms. The molecule has 1 aromatic carbocycles. The molecule has 0 bridgehead atoms. The molecule has 2 aromatic rings. The average molecular weight is 312 g/mol. The molecule has 0 amide bonds. The van der Waals surface area contributed by atoms with Crippen LogP contribution in [0.1, 0.15) is 10.4 Å². The van der Waals surface area contributed by atoms with Gasteiger partial charge in [0, 0.05) is 4.47 Å². The quantitative estimate of drug-likeness (QED) is 0.903. The standard InChI is InChI=1S/C11H10BrN3O3/c1-18-6-2-3-9(8(12)4-6)15-10(13)7(5-14-15)11(16)17/h2-5H,13H2,1H3,(H,16,17). The summed E-state index contributed by atoms with van der Waals surface area (Å²) in [5, 5.41) is 12.9. The van der Waals surface area contributed by atoms with Crippen LogP contribution in [0, 0.1) is 0 Å². The van der Waals surface area contributed by atoms with E-state index >= 15 is 0 Å². The van der Waals surface area contributed by atoms with Crippen molar-refractivity contribution < 1.29 is 14.6 Å². The van der Waals surface area contributed by atoms with Crippen LogP contribution in [0.2, 0.25) is 0 Å². The van der Waals surface area contributed by atoms with Crippen molar-refractivity contribution in [1.29, 1.82) is 0 Å². The Balaban J connectivity index is 2.52. The first-order valence-electron chi connectivity index (χ1n) is 4.95. The molecule has 0 unspecified atom stereocenters. The third kappa shape index (κ3) is 2.04. The molecule has 0 spiro atoms. The SMILES string of the molecule is COc1ccc(-n2ncc(C(=O)O)c2N)c(Br)c1. The van der Waals surface area contributed by atoms with E-state index in [1.165, 1.54) is 10.9 Å². The lowest BCUT2D eigenvalue weighted by Gasteiger charge is -2.08. The summed E-state index contributed by atoms with van der Waals surface area (Å²) in [7, 11) is 1.56. The van der Waals surface area contributed by atoms with Gasteiger partial charge in [-0.25, -0.2) is 9.48 Å². The predicted molar refractivity (Wildman–Crippen MR) is 69.2 cm³/mol. The number of carboxylic acids is 1. The fourth-order valence-electron chi connectivity index (χ4n) is 1.50. The second kappa shape index (κ2) is 4.69. The molecule has 0 fully saturated rings. The number of methoxy groups -OCH3 is 1. The number of hydrogen-bond donors (Lipinski definition) is 2. The number of nitrogen functional groups attached to an aromatic ring is 1. The van der Waals surface area contributed by atoms with Crippen LogP contribution in [0.4, 0.5) is 5.82 Å². The van der Waals surface area contributed by atoms with Crippen molar-refractivity contribution in [3.63, 3.8) is 0 Å². The second-order valence-corrected chi connectivity index (χ2v) is 4.33. The van der Waals surface area contributed by atoms with E-state index in [9.17, 15) is 4.79 Å². The maximum Gasteiger partial charge on any atom is 0.341 e. The molecule has 0 radical (unpaired) electrons. The Labute approximate surface area is 111 Å². The zero-order valence-corrected chi connectivity index (χ0v) is 11.0. The van der Waals surface area contributed by atoms with Gasteiger partial charge in [-0.15, -0.1) is 0 Å². The largest absolute Gasteiger partial charge is 0.497 e. The fourth-order valence-corrected chi connectivity index (χ4v) is 2.03. The highest BCUT2D eigenvalue weighted by Crippen LogP contribution is 2.28. The summed E-state index contributed by atoms with van der Waals surface area (Å²) < 4.78 is 7.13. The molecule has 6 nitrogen and oxygen atoms in total. The number of hydrogen-bond acceptors (Lipinski definition) is 4. The van der Waals surface area contributed by atoms with Gasteiger partial charge in [-0.2, -0.15) is 5.10 Å². The molecule has 0 saturated heterocycles. The molecule has 7 heteroatoms. The predicted octanol–water partition coefficient (Wildman–Crippen LogP) is 1.92. The van der Waals surface area contributed by atoms with Gasteiger partial charge in [-0.05, 0) is 34.1 Å². The summed E-state index contributed by atoms with van der Waals surface area (Å²) in [6, 6.07) is 5.22. The minimum atomic E-state index is -1.11. The van der Waals surface area contributed by atoms with E-state index in [1.807, 2.05) is 0 Å². The lowest BCUT2D eigenvalue weighted by molar-refractivity contribution is 0.0698. The molecule has 0 saturated carbocycles. The monoisotopic (exact) mass is 311 g/mol. The second-order valence-electron chi connectivity index (χ2n) is 3.48. The topological polar surface area (TPSA) is 90.4 Å². The van der Waals surface area contributed by atoms with Crippen molar-refractivity contribution in [2.24, 2.45) is 0 Å². The van der Waals surface area contributed by atoms with Gasteiger partial charge < -0.3 is 15.6 Å². The van der Waals surface area contributed by atoms with Crippen LogP contribution < -0.4 is 10.5 Å². The van der Waals surface area contributed by atoms with Gasteiger partial charge in [0.2, 0.25) is 0 Å². The van der Waals surface area contributed by atoms with Gasteiger partial charge in [-0.3, -0.25) is 0 Å². The van der Waals surface area contributed by atoms with E-state index in [0.717, 1.165) is 0 Å². The van der Waals surface area contributed by atoms with E-state index < -0.39 is 5.97 Å². The van der Waals surface area contributed by atoms with Crippen molar-refractivity contribution in [2.75, 3.05) is 12.8 Å². The number of benzene rings is 1. The Bertz CT molecular complexity index is 610. The summed E-state index contributed by atoms with van der Waals surface area (Å²) in [4.78, 5) is 10.9. The number of carbonyl (C=O) groups is 1. The number of nitrogens with two attached hydrogens (primary N) is 1. The molecule has 0 aliphatic carbocycles. The molecular formula is C11H10BrN3O3. The molecule has 0 aliphatic heterocycles.